The smallest absolute Gasteiger partial charge is 0.254 e. The summed E-state index contributed by atoms with van der Waals surface area (Å²) in [6, 6.07) is 1.33. The highest BCUT2D eigenvalue weighted by Crippen LogP contribution is 2.38. The number of aromatic nitrogens is 3. The monoisotopic (exact) mass is 332 g/mol. The molecule has 2 aromatic rings. The van der Waals surface area contributed by atoms with Crippen molar-refractivity contribution in [2.45, 2.75) is 23.1 Å². The number of hydrogen-bond acceptors (Lipinski definition) is 5. The summed E-state index contributed by atoms with van der Waals surface area (Å²) in [4.78, 5) is 0. The van der Waals surface area contributed by atoms with Crippen molar-refractivity contribution in [1.29, 1.82) is 0 Å². The molecule has 1 unspecified atom stereocenters. The van der Waals surface area contributed by atoms with Gasteiger partial charge in [0.1, 0.15) is 6.33 Å². The van der Waals surface area contributed by atoms with Crippen molar-refractivity contribution in [3.05, 3.63) is 28.6 Å². The molecule has 1 aliphatic rings. The van der Waals surface area contributed by atoms with Gasteiger partial charge in [0.25, 0.3) is 10.0 Å². The lowest BCUT2D eigenvalue weighted by molar-refractivity contribution is 0.377. The van der Waals surface area contributed by atoms with E-state index in [9.17, 15) is 8.42 Å². The summed E-state index contributed by atoms with van der Waals surface area (Å²) in [5.74, 6) is 0.666. The molecule has 9 heteroatoms. The van der Waals surface area contributed by atoms with Crippen LogP contribution in [0, 0.1) is 0 Å². The van der Waals surface area contributed by atoms with Gasteiger partial charge in [-0.25, -0.2) is 8.42 Å². The second-order valence-corrected chi connectivity index (χ2v) is 8.04. The van der Waals surface area contributed by atoms with Crippen molar-refractivity contribution >= 4 is 33.0 Å². The van der Waals surface area contributed by atoms with E-state index in [2.05, 4.69) is 10.2 Å². The second-order valence-electron chi connectivity index (χ2n) is 4.63. The predicted octanol–water partition coefficient (Wildman–Crippen LogP) is 2.06. The Morgan fingerprint density at radius 1 is 1.50 bits per heavy atom. The molecule has 1 atom stereocenters. The first-order valence-electron chi connectivity index (χ1n) is 6.10. The lowest BCUT2D eigenvalue weighted by Gasteiger charge is -2.22. The molecule has 20 heavy (non-hydrogen) atoms. The van der Waals surface area contributed by atoms with E-state index in [4.69, 9.17) is 11.6 Å². The molecule has 6 nitrogen and oxygen atoms in total. The molecule has 3 rings (SSSR count). The molecule has 1 aliphatic heterocycles. The first-order chi connectivity index (χ1) is 9.51. The predicted molar refractivity (Wildman–Crippen MR) is 76.2 cm³/mol. The number of nitrogens with zero attached hydrogens (tertiary/aromatic N) is 4. The average Bonchev–Trinajstić information content (AvgIpc) is 3.07. The van der Waals surface area contributed by atoms with Crippen LogP contribution in [0.2, 0.25) is 5.02 Å². The van der Waals surface area contributed by atoms with Crippen molar-refractivity contribution in [3.8, 4) is 0 Å². The Kier molecular flexibility index (Phi) is 3.57. The highest BCUT2D eigenvalue weighted by atomic mass is 35.5. The van der Waals surface area contributed by atoms with Crippen molar-refractivity contribution in [3.63, 3.8) is 0 Å². The maximum atomic E-state index is 12.7. The summed E-state index contributed by atoms with van der Waals surface area (Å²) in [7, 11) is -1.76. The molecule has 3 heterocycles. The summed E-state index contributed by atoms with van der Waals surface area (Å²) in [6.45, 7) is 0.480. The van der Waals surface area contributed by atoms with E-state index in [1.165, 1.54) is 4.31 Å². The van der Waals surface area contributed by atoms with Gasteiger partial charge in [-0.05, 0) is 24.3 Å². The van der Waals surface area contributed by atoms with Gasteiger partial charge in [0, 0.05) is 13.6 Å². The Bertz CT molecular complexity index is 724. The molecule has 0 N–H and O–H groups in total. The first kappa shape index (κ1) is 14.0. The summed E-state index contributed by atoms with van der Waals surface area (Å²) >= 11 is 7.12. The van der Waals surface area contributed by atoms with E-state index in [1.54, 1.807) is 22.3 Å². The molecule has 0 aliphatic carbocycles. The highest BCUT2D eigenvalue weighted by molar-refractivity contribution is 7.91. The second kappa shape index (κ2) is 5.10. The van der Waals surface area contributed by atoms with Gasteiger partial charge < -0.3 is 4.57 Å². The standard InChI is InChI=1S/C11H13ClN4O2S2/c1-15-7-13-14-10(15)9-3-2-5-16(9)20(17,18)11-8(12)4-6-19-11/h4,6-7,9H,2-3,5H2,1H3. The van der Waals surface area contributed by atoms with E-state index in [-0.39, 0.29) is 15.3 Å². The number of sulfonamides is 1. The van der Waals surface area contributed by atoms with E-state index in [1.807, 2.05) is 7.05 Å². The third-order valence-electron chi connectivity index (χ3n) is 3.38. The van der Waals surface area contributed by atoms with Crippen LogP contribution in [0.5, 0.6) is 0 Å². The maximum absolute atomic E-state index is 12.7. The molecule has 0 saturated carbocycles. The quantitative estimate of drug-likeness (QED) is 0.862. The summed E-state index contributed by atoms with van der Waals surface area (Å²) < 4.78 is 28.9. The third-order valence-corrected chi connectivity index (χ3v) is 7.28. The molecule has 0 aromatic carbocycles. The number of halogens is 1. The van der Waals surface area contributed by atoms with Gasteiger partial charge in [0.15, 0.2) is 10.0 Å². The van der Waals surface area contributed by atoms with E-state index in [0.29, 0.717) is 12.4 Å². The molecule has 0 spiro atoms. The Balaban J connectivity index is 2.01. The molecule has 108 valence electrons. The van der Waals surface area contributed by atoms with Crippen LogP contribution in [0.3, 0.4) is 0 Å². The van der Waals surface area contributed by atoms with Gasteiger partial charge in [0.05, 0.1) is 11.1 Å². The fourth-order valence-electron chi connectivity index (χ4n) is 2.45. The highest BCUT2D eigenvalue weighted by Gasteiger charge is 2.39. The molecule has 0 radical (unpaired) electrons. The zero-order chi connectivity index (χ0) is 14.3. The summed E-state index contributed by atoms with van der Waals surface area (Å²) in [5, 5.41) is 9.83. The minimum atomic E-state index is -3.58. The molecule has 0 amide bonds. The van der Waals surface area contributed by atoms with Gasteiger partial charge in [-0.2, -0.15) is 4.31 Å². The number of aryl methyl sites for hydroxylation is 1. The van der Waals surface area contributed by atoms with Gasteiger partial charge in [0.2, 0.25) is 0 Å². The van der Waals surface area contributed by atoms with Crippen molar-refractivity contribution in [1.82, 2.24) is 19.1 Å². The Labute approximate surface area is 126 Å². The van der Waals surface area contributed by atoms with Crippen LogP contribution in [0.15, 0.2) is 22.0 Å². The van der Waals surface area contributed by atoms with Gasteiger partial charge in [-0.3, -0.25) is 0 Å². The number of thiophene rings is 1. The van der Waals surface area contributed by atoms with Crippen molar-refractivity contribution in [2.24, 2.45) is 7.05 Å². The molecule has 1 saturated heterocycles. The fourth-order valence-corrected chi connectivity index (χ4v) is 5.89. The third kappa shape index (κ3) is 2.16. The zero-order valence-corrected chi connectivity index (χ0v) is 13.1. The van der Waals surface area contributed by atoms with E-state index >= 15 is 0 Å². The Morgan fingerprint density at radius 2 is 2.30 bits per heavy atom. The van der Waals surface area contributed by atoms with Crippen LogP contribution >= 0.6 is 22.9 Å². The van der Waals surface area contributed by atoms with Crippen LogP contribution in [0.1, 0.15) is 24.7 Å². The molecule has 0 bridgehead atoms. The molecular formula is C11H13ClN4O2S2. The van der Waals surface area contributed by atoms with Crippen LogP contribution in [0.25, 0.3) is 0 Å². The normalized spacial score (nSPS) is 20.6. The Hall–Kier alpha value is -0.960. The minimum absolute atomic E-state index is 0.202. The zero-order valence-electron chi connectivity index (χ0n) is 10.7. The molecule has 2 aromatic heterocycles. The average molecular weight is 333 g/mol. The van der Waals surface area contributed by atoms with Crippen LogP contribution < -0.4 is 0 Å². The maximum Gasteiger partial charge on any atom is 0.254 e. The van der Waals surface area contributed by atoms with Gasteiger partial charge in [-0.15, -0.1) is 21.5 Å². The topological polar surface area (TPSA) is 68.1 Å². The summed E-state index contributed by atoms with van der Waals surface area (Å²) in [5.41, 5.74) is 0. The number of rotatable bonds is 3. The SMILES string of the molecule is Cn1cnnc1C1CCCN1S(=O)(=O)c1sccc1Cl. The lowest BCUT2D eigenvalue weighted by Crippen LogP contribution is -2.31. The van der Waals surface area contributed by atoms with Crippen LogP contribution in [0.4, 0.5) is 0 Å². The van der Waals surface area contributed by atoms with Gasteiger partial charge in [-0.1, -0.05) is 11.6 Å². The molecular weight excluding hydrogens is 320 g/mol. The molecule has 1 fully saturated rings. The van der Waals surface area contributed by atoms with E-state index in [0.717, 1.165) is 24.2 Å². The lowest BCUT2D eigenvalue weighted by atomic mass is 10.2. The van der Waals surface area contributed by atoms with Crippen molar-refractivity contribution in [2.75, 3.05) is 6.54 Å². The van der Waals surface area contributed by atoms with E-state index < -0.39 is 10.0 Å². The fraction of sp³-hybridized carbons (Fsp3) is 0.455. The van der Waals surface area contributed by atoms with Gasteiger partial charge >= 0.3 is 0 Å². The Morgan fingerprint density at radius 3 is 2.90 bits per heavy atom. The number of hydrogen-bond donors (Lipinski definition) is 0. The summed E-state index contributed by atoms with van der Waals surface area (Å²) in [6.07, 6.45) is 3.13. The van der Waals surface area contributed by atoms with Crippen LogP contribution in [-0.4, -0.2) is 34.0 Å². The largest absolute Gasteiger partial charge is 0.319 e. The van der Waals surface area contributed by atoms with Crippen LogP contribution in [-0.2, 0) is 17.1 Å². The first-order valence-corrected chi connectivity index (χ1v) is 8.80. The van der Waals surface area contributed by atoms with Crippen molar-refractivity contribution < 1.29 is 8.42 Å². The minimum Gasteiger partial charge on any atom is -0.319 e.